The van der Waals surface area contributed by atoms with Gasteiger partial charge in [-0.3, -0.25) is 4.98 Å². The summed E-state index contributed by atoms with van der Waals surface area (Å²) in [6, 6.07) is 10.3. The summed E-state index contributed by atoms with van der Waals surface area (Å²) < 4.78 is 5.41. The van der Waals surface area contributed by atoms with Crippen molar-refractivity contribution in [1.29, 1.82) is 0 Å². The molecule has 1 aromatic heterocycles. The molecule has 3 nitrogen and oxygen atoms in total. The predicted molar refractivity (Wildman–Crippen MR) is 67.6 cm³/mol. The third kappa shape index (κ3) is 1.92. The van der Waals surface area contributed by atoms with Crippen LogP contribution in [0.1, 0.15) is 18.0 Å². The summed E-state index contributed by atoms with van der Waals surface area (Å²) in [5, 5.41) is 1.15. The van der Waals surface area contributed by atoms with Gasteiger partial charge in [-0.05, 0) is 18.1 Å². The average molecular weight is 228 g/mol. The van der Waals surface area contributed by atoms with Crippen LogP contribution in [0.4, 0.5) is 0 Å². The Kier molecular flexibility index (Phi) is 2.79. The highest BCUT2D eigenvalue weighted by molar-refractivity contribution is 5.82. The van der Waals surface area contributed by atoms with E-state index in [-0.39, 0.29) is 6.04 Å². The molecule has 17 heavy (non-hydrogen) atoms. The molecule has 0 bridgehead atoms. The van der Waals surface area contributed by atoms with Crippen LogP contribution in [0.15, 0.2) is 36.5 Å². The smallest absolute Gasteiger partial charge is 0.0749 e. The van der Waals surface area contributed by atoms with Crippen LogP contribution in [0, 0.1) is 5.92 Å². The molecule has 0 radical (unpaired) electrons. The number of benzene rings is 1. The molecule has 1 aliphatic heterocycles. The number of nitrogens with zero attached hydrogens (tertiary/aromatic N) is 1. The van der Waals surface area contributed by atoms with Crippen LogP contribution in [-0.4, -0.2) is 18.2 Å². The summed E-state index contributed by atoms with van der Waals surface area (Å²) in [6.07, 6.45) is 2.87. The molecule has 88 valence electrons. The molecule has 1 fully saturated rings. The molecule has 1 aromatic carbocycles. The van der Waals surface area contributed by atoms with Gasteiger partial charge in [0.05, 0.1) is 12.1 Å². The molecule has 2 N–H and O–H groups in total. The number of nitrogens with two attached hydrogens (primary N) is 1. The molecule has 2 heterocycles. The lowest BCUT2D eigenvalue weighted by Crippen LogP contribution is -2.22. The molecule has 0 spiro atoms. The molecule has 3 rings (SSSR count). The summed E-state index contributed by atoms with van der Waals surface area (Å²) in [5.74, 6) is 0.419. The predicted octanol–water partition coefficient (Wildman–Crippen LogP) is 2.27. The first-order chi connectivity index (χ1) is 8.36. The number of para-hydroxylation sites is 1. The lowest BCUT2D eigenvalue weighted by Gasteiger charge is -2.19. The second kappa shape index (κ2) is 4.43. The summed E-state index contributed by atoms with van der Waals surface area (Å²) in [6.45, 7) is 1.60. The van der Waals surface area contributed by atoms with E-state index in [0.29, 0.717) is 5.92 Å². The fourth-order valence-electron chi connectivity index (χ4n) is 2.49. The molecule has 3 heteroatoms. The SMILES string of the molecule is NC(c1cccc2cccnc12)C1CCOC1. The van der Waals surface area contributed by atoms with E-state index in [1.165, 1.54) is 0 Å². The molecule has 1 saturated heterocycles. The van der Waals surface area contributed by atoms with Gasteiger partial charge in [0.2, 0.25) is 0 Å². The van der Waals surface area contributed by atoms with Gasteiger partial charge in [0.25, 0.3) is 0 Å². The first-order valence-corrected chi connectivity index (χ1v) is 6.03. The van der Waals surface area contributed by atoms with E-state index >= 15 is 0 Å². The van der Waals surface area contributed by atoms with Crippen LogP contribution >= 0.6 is 0 Å². The Balaban J connectivity index is 2.04. The normalized spacial score (nSPS) is 21.8. The van der Waals surface area contributed by atoms with E-state index in [9.17, 15) is 0 Å². The van der Waals surface area contributed by atoms with Crippen molar-refractivity contribution in [1.82, 2.24) is 4.98 Å². The van der Waals surface area contributed by atoms with Crippen LogP contribution in [-0.2, 0) is 4.74 Å². The van der Waals surface area contributed by atoms with Crippen LogP contribution in [0.25, 0.3) is 10.9 Å². The number of rotatable bonds is 2. The second-order valence-corrected chi connectivity index (χ2v) is 4.57. The maximum absolute atomic E-state index is 6.35. The Bertz CT molecular complexity index is 515. The Morgan fingerprint density at radius 2 is 2.18 bits per heavy atom. The van der Waals surface area contributed by atoms with Gasteiger partial charge < -0.3 is 10.5 Å². The Labute approximate surface area is 101 Å². The highest BCUT2D eigenvalue weighted by atomic mass is 16.5. The molecule has 2 aromatic rings. The summed E-state index contributed by atoms with van der Waals surface area (Å²) in [7, 11) is 0. The zero-order chi connectivity index (χ0) is 11.7. The number of hydrogen-bond acceptors (Lipinski definition) is 3. The van der Waals surface area contributed by atoms with E-state index in [1.54, 1.807) is 0 Å². The topological polar surface area (TPSA) is 48.1 Å². The highest BCUT2D eigenvalue weighted by Gasteiger charge is 2.25. The van der Waals surface area contributed by atoms with E-state index in [4.69, 9.17) is 10.5 Å². The minimum atomic E-state index is 0.0242. The third-order valence-corrected chi connectivity index (χ3v) is 3.50. The van der Waals surface area contributed by atoms with Crippen molar-refractivity contribution in [3.63, 3.8) is 0 Å². The molecule has 2 unspecified atom stereocenters. The monoisotopic (exact) mass is 228 g/mol. The van der Waals surface area contributed by atoms with Gasteiger partial charge in [0.1, 0.15) is 0 Å². The minimum absolute atomic E-state index is 0.0242. The number of pyridine rings is 1. The fourth-order valence-corrected chi connectivity index (χ4v) is 2.49. The van der Waals surface area contributed by atoms with Gasteiger partial charge >= 0.3 is 0 Å². The van der Waals surface area contributed by atoms with Crippen molar-refractivity contribution in [2.24, 2.45) is 11.7 Å². The van der Waals surface area contributed by atoms with Crippen LogP contribution in [0.3, 0.4) is 0 Å². The van der Waals surface area contributed by atoms with Crippen molar-refractivity contribution in [3.8, 4) is 0 Å². The summed E-state index contributed by atoms with van der Waals surface area (Å²) in [4.78, 5) is 4.45. The van der Waals surface area contributed by atoms with Gasteiger partial charge in [-0.15, -0.1) is 0 Å². The first kappa shape index (κ1) is 10.7. The van der Waals surface area contributed by atoms with Gasteiger partial charge in [0.15, 0.2) is 0 Å². The van der Waals surface area contributed by atoms with E-state index in [1.807, 2.05) is 12.3 Å². The molecular formula is C14H16N2O. The summed E-state index contributed by atoms with van der Waals surface area (Å²) >= 11 is 0. The zero-order valence-corrected chi connectivity index (χ0v) is 9.67. The molecular weight excluding hydrogens is 212 g/mol. The quantitative estimate of drug-likeness (QED) is 0.857. The standard InChI is InChI=1S/C14H16N2O/c15-13(11-6-8-17-9-11)12-5-1-3-10-4-2-7-16-14(10)12/h1-5,7,11,13H,6,8-9,15H2. The number of ether oxygens (including phenoxy) is 1. The van der Waals surface area contributed by atoms with Crippen molar-refractivity contribution in [2.75, 3.05) is 13.2 Å². The summed E-state index contributed by atoms with van der Waals surface area (Å²) in [5.41, 5.74) is 8.51. The van der Waals surface area contributed by atoms with Gasteiger partial charge in [-0.2, -0.15) is 0 Å². The van der Waals surface area contributed by atoms with Crippen LogP contribution in [0.2, 0.25) is 0 Å². The maximum Gasteiger partial charge on any atom is 0.0749 e. The minimum Gasteiger partial charge on any atom is -0.381 e. The number of fused-ring (bicyclic) bond motifs is 1. The van der Waals surface area contributed by atoms with Crippen LogP contribution in [0.5, 0.6) is 0 Å². The Hall–Kier alpha value is -1.45. The molecule has 0 aliphatic carbocycles. The third-order valence-electron chi connectivity index (χ3n) is 3.50. The van der Waals surface area contributed by atoms with E-state index < -0.39 is 0 Å². The van der Waals surface area contributed by atoms with Crippen molar-refractivity contribution in [2.45, 2.75) is 12.5 Å². The maximum atomic E-state index is 6.35. The van der Waals surface area contributed by atoms with Crippen molar-refractivity contribution >= 4 is 10.9 Å². The lowest BCUT2D eigenvalue weighted by atomic mass is 9.91. The number of hydrogen-bond donors (Lipinski definition) is 1. The van der Waals surface area contributed by atoms with Gasteiger partial charge in [-0.1, -0.05) is 24.3 Å². The van der Waals surface area contributed by atoms with E-state index in [0.717, 1.165) is 36.1 Å². The first-order valence-electron chi connectivity index (χ1n) is 6.03. The Morgan fingerprint density at radius 1 is 1.29 bits per heavy atom. The molecule has 1 aliphatic rings. The lowest BCUT2D eigenvalue weighted by molar-refractivity contribution is 0.181. The molecule has 0 amide bonds. The Morgan fingerprint density at radius 3 is 3.00 bits per heavy atom. The highest BCUT2D eigenvalue weighted by Crippen LogP contribution is 2.30. The average Bonchev–Trinajstić information content (AvgIpc) is 2.91. The van der Waals surface area contributed by atoms with E-state index in [2.05, 4.69) is 29.2 Å². The molecule has 0 saturated carbocycles. The van der Waals surface area contributed by atoms with Gasteiger partial charge in [-0.25, -0.2) is 0 Å². The molecule has 2 atom stereocenters. The number of aromatic nitrogens is 1. The van der Waals surface area contributed by atoms with Crippen LogP contribution < -0.4 is 5.73 Å². The van der Waals surface area contributed by atoms with Crippen molar-refractivity contribution < 1.29 is 4.74 Å². The largest absolute Gasteiger partial charge is 0.381 e. The van der Waals surface area contributed by atoms with Gasteiger partial charge in [0, 0.05) is 30.1 Å². The fraction of sp³-hybridized carbons (Fsp3) is 0.357. The zero-order valence-electron chi connectivity index (χ0n) is 9.67. The second-order valence-electron chi connectivity index (χ2n) is 4.57. The van der Waals surface area contributed by atoms with Crippen molar-refractivity contribution in [3.05, 3.63) is 42.1 Å².